The van der Waals surface area contributed by atoms with E-state index in [2.05, 4.69) is 27.4 Å². The third kappa shape index (κ3) is 3.32. The number of benzene rings is 1. The first kappa shape index (κ1) is 13.5. The summed E-state index contributed by atoms with van der Waals surface area (Å²) in [6, 6.07) is 16.0. The molecule has 3 rings (SSSR count). The molecule has 2 heterocycles. The average molecular weight is 279 g/mol. The summed E-state index contributed by atoms with van der Waals surface area (Å²) in [5.74, 6) is 0. The molecule has 5 heteroatoms. The fourth-order valence-corrected chi connectivity index (χ4v) is 2.06. The summed E-state index contributed by atoms with van der Waals surface area (Å²) in [6.45, 7) is 2.74. The van der Waals surface area contributed by atoms with Crippen LogP contribution in [0, 0.1) is 0 Å². The first-order valence-corrected chi connectivity index (χ1v) is 6.94. The van der Waals surface area contributed by atoms with E-state index in [0.29, 0.717) is 6.54 Å². The summed E-state index contributed by atoms with van der Waals surface area (Å²) in [5.41, 5.74) is 2.89. The van der Waals surface area contributed by atoms with Crippen molar-refractivity contribution in [1.82, 2.24) is 25.3 Å². The normalized spacial score (nSPS) is 12.2. The Hall–Kier alpha value is -2.53. The highest BCUT2D eigenvalue weighted by Crippen LogP contribution is 2.09. The number of pyridine rings is 1. The molecular weight excluding hydrogens is 262 g/mol. The molecule has 0 spiro atoms. The predicted octanol–water partition coefficient (Wildman–Crippen LogP) is 2.51. The van der Waals surface area contributed by atoms with Crippen molar-refractivity contribution in [3.05, 3.63) is 72.3 Å². The number of aromatic nitrogens is 4. The highest BCUT2D eigenvalue weighted by molar-refractivity contribution is 5.28. The second-order valence-electron chi connectivity index (χ2n) is 4.82. The summed E-state index contributed by atoms with van der Waals surface area (Å²) in [5, 5.41) is 12.2. The Morgan fingerprint density at radius 2 is 1.90 bits per heavy atom. The molecule has 0 saturated carbocycles. The standard InChI is InChI=1S/C16H17N5/c1-13(16-9-5-6-10-17-16)18-11-14-12-19-21(20-14)15-7-3-2-4-8-15/h2-10,12-13,18H,11H2,1H3/t13-/m1/s1. The van der Waals surface area contributed by atoms with Crippen LogP contribution in [0.4, 0.5) is 0 Å². The molecule has 0 amide bonds. The van der Waals surface area contributed by atoms with Gasteiger partial charge in [-0.05, 0) is 31.2 Å². The maximum atomic E-state index is 4.47. The molecule has 2 aromatic heterocycles. The van der Waals surface area contributed by atoms with E-state index >= 15 is 0 Å². The topological polar surface area (TPSA) is 55.6 Å². The molecule has 5 nitrogen and oxygen atoms in total. The van der Waals surface area contributed by atoms with Crippen molar-refractivity contribution < 1.29 is 0 Å². The summed E-state index contributed by atoms with van der Waals surface area (Å²) in [4.78, 5) is 5.98. The van der Waals surface area contributed by atoms with Crippen LogP contribution < -0.4 is 5.32 Å². The van der Waals surface area contributed by atoms with Crippen molar-refractivity contribution in [2.75, 3.05) is 0 Å². The van der Waals surface area contributed by atoms with Crippen molar-refractivity contribution in [1.29, 1.82) is 0 Å². The smallest absolute Gasteiger partial charge is 0.0969 e. The van der Waals surface area contributed by atoms with Crippen LogP contribution in [0.25, 0.3) is 5.69 Å². The van der Waals surface area contributed by atoms with Gasteiger partial charge in [0, 0.05) is 18.8 Å². The molecule has 0 aliphatic carbocycles. The lowest BCUT2D eigenvalue weighted by Gasteiger charge is -2.11. The Kier molecular flexibility index (Phi) is 4.02. The highest BCUT2D eigenvalue weighted by Gasteiger charge is 2.07. The minimum absolute atomic E-state index is 0.174. The Bertz CT molecular complexity index is 678. The molecule has 0 aliphatic heterocycles. The SMILES string of the molecule is C[C@@H](NCc1cnn(-c2ccccc2)n1)c1ccccn1. The zero-order valence-electron chi connectivity index (χ0n) is 11.8. The molecule has 0 fully saturated rings. The van der Waals surface area contributed by atoms with E-state index in [1.807, 2.05) is 48.5 Å². The van der Waals surface area contributed by atoms with E-state index in [4.69, 9.17) is 0 Å². The number of nitrogens with one attached hydrogen (secondary N) is 1. The van der Waals surface area contributed by atoms with Gasteiger partial charge in [-0.1, -0.05) is 24.3 Å². The highest BCUT2D eigenvalue weighted by atomic mass is 15.5. The van der Waals surface area contributed by atoms with E-state index in [1.54, 1.807) is 17.2 Å². The first-order chi connectivity index (χ1) is 10.3. The minimum Gasteiger partial charge on any atom is -0.303 e. The Labute approximate surface area is 123 Å². The van der Waals surface area contributed by atoms with Gasteiger partial charge in [0.25, 0.3) is 0 Å². The van der Waals surface area contributed by atoms with E-state index in [-0.39, 0.29) is 6.04 Å². The van der Waals surface area contributed by atoms with E-state index in [0.717, 1.165) is 17.1 Å². The molecular formula is C16H17N5. The van der Waals surface area contributed by atoms with Crippen LogP contribution in [-0.4, -0.2) is 20.0 Å². The molecule has 0 aliphatic rings. The second kappa shape index (κ2) is 6.28. The Morgan fingerprint density at radius 1 is 1.10 bits per heavy atom. The van der Waals surface area contributed by atoms with Crippen LogP contribution in [-0.2, 0) is 6.54 Å². The van der Waals surface area contributed by atoms with Gasteiger partial charge in [-0.25, -0.2) is 0 Å². The quantitative estimate of drug-likeness (QED) is 0.779. The van der Waals surface area contributed by atoms with Gasteiger partial charge >= 0.3 is 0 Å². The van der Waals surface area contributed by atoms with Crippen LogP contribution in [0.2, 0.25) is 0 Å². The van der Waals surface area contributed by atoms with E-state index in [9.17, 15) is 0 Å². The predicted molar refractivity (Wildman–Crippen MR) is 80.9 cm³/mol. The maximum Gasteiger partial charge on any atom is 0.0969 e. The van der Waals surface area contributed by atoms with Gasteiger partial charge in [-0.3, -0.25) is 4.98 Å². The molecule has 0 unspecified atom stereocenters. The lowest BCUT2D eigenvalue weighted by molar-refractivity contribution is 0.552. The molecule has 106 valence electrons. The number of rotatable bonds is 5. The summed E-state index contributed by atoms with van der Waals surface area (Å²) >= 11 is 0. The first-order valence-electron chi connectivity index (χ1n) is 6.94. The molecule has 21 heavy (non-hydrogen) atoms. The van der Waals surface area contributed by atoms with Gasteiger partial charge in [0.1, 0.15) is 0 Å². The summed E-state index contributed by atoms with van der Waals surface area (Å²) in [7, 11) is 0. The second-order valence-corrected chi connectivity index (χ2v) is 4.82. The van der Waals surface area contributed by atoms with Crippen LogP contribution in [0.15, 0.2) is 60.9 Å². The lowest BCUT2D eigenvalue weighted by Crippen LogP contribution is -2.19. The van der Waals surface area contributed by atoms with Crippen molar-refractivity contribution >= 4 is 0 Å². The van der Waals surface area contributed by atoms with Crippen molar-refractivity contribution in [2.45, 2.75) is 19.5 Å². The average Bonchev–Trinajstić information content (AvgIpc) is 3.03. The van der Waals surface area contributed by atoms with Gasteiger partial charge in [0.2, 0.25) is 0 Å². The zero-order chi connectivity index (χ0) is 14.5. The van der Waals surface area contributed by atoms with Crippen LogP contribution in [0.1, 0.15) is 24.4 Å². The van der Waals surface area contributed by atoms with Crippen LogP contribution in [0.5, 0.6) is 0 Å². The number of hydrogen-bond acceptors (Lipinski definition) is 4. The Balaban J connectivity index is 1.63. The van der Waals surface area contributed by atoms with Crippen LogP contribution >= 0.6 is 0 Å². The monoisotopic (exact) mass is 279 g/mol. The maximum absolute atomic E-state index is 4.47. The molecule has 0 bridgehead atoms. The molecule has 0 radical (unpaired) electrons. The van der Waals surface area contributed by atoms with E-state index < -0.39 is 0 Å². The molecule has 1 atom stereocenters. The van der Waals surface area contributed by atoms with E-state index in [1.165, 1.54) is 0 Å². The zero-order valence-corrected chi connectivity index (χ0v) is 11.8. The van der Waals surface area contributed by atoms with Gasteiger partial charge in [0.05, 0.1) is 23.3 Å². The fraction of sp³-hybridized carbons (Fsp3) is 0.188. The number of hydrogen-bond donors (Lipinski definition) is 1. The van der Waals surface area contributed by atoms with Gasteiger partial charge in [-0.2, -0.15) is 15.0 Å². The van der Waals surface area contributed by atoms with Crippen molar-refractivity contribution in [2.24, 2.45) is 0 Å². The lowest BCUT2D eigenvalue weighted by atomic mass is 10.2. The minimum atomic E-state index is 0.174. The largest absolute Gasteiger partial charge is 0.303 e. The number of para-hydroxylation sites is 1. The van der Waals surface area contributed by atoms with Crippen molar-refractivity contribution in [3.63, 3.8) is 0 Å². The fourth-order valence-electron chi connectivity index (χ4n) is 2.06. The van der Waals surface area contributed by atoms with Crippen LogP contribution in [0.3, 0.4) is 0 Å². The summed E-state index contributed by atoms with van der Waals surface area (Å²) < 4.78 is 0. The van der Waals surface area contributed by atoms with Gasteiger partial charge in [0.15, 0.2) is 0 Å². The summed E-state index contributed by atoms with van der Waals surface area (Å²) in [6.07, 6.45) is 3.59. The third-order valence-electron chi connectivity index (χ3n) is 3.25. The van der Waals surface area contributed by atoms with Gasteiger partial charge in [-0.15, -0.1) is 0 Å². The van der Waals surface area contributed by atoms with Gasteiger partial charge < -0.3 is 5.32 Å². The number of nitrogens with zero attached hydrogens (tertiary/aromatic N) is 4. The molecule has 0 saturated heterocycles. The van der Waals surface area contributed by atoms with Crippen molar-refractivity contribution in [3.8, 4) is 5.69 Å². The Morgan fingerprint density at radius 3 is 2.67 bits per heavy atom. The molecule has 3 aromatic rings. The molecule has 1 N–H and O–H groups in total. The molecule has 1 aromatic carbocycles. The third-order valence-corrected chi connectivity index (χ3v) is 3.25.